The van der Waals surface area contributed by atoms with Crippen molar-refractivity contribution in [2.24, 2.45) is 0 Å². The fraction of sp³-hybridized carbons (Fsp3) is 0.222. The van der Waals surface area contributed by atoms with Gasteiger partial charge >= 0.3 is 5.97 Å². The van der Waals surface area contributed by atoms with E-state index in [-0.39, 0.29) is 5.97 Å². The van der Waals surface area contributed by atoms with Gasteiger partial charge in [-0.05, 0) is 19.1 Å². The minimum Gasteiger partial charge on any atom is -0.426 e. The summed E-state index contributed by atoms with van der Waals surface area (Å²) in [4.78, 5) is 10.8. The molecule has 0 bridgehead atoms. The number of benzene rings is 1. The molecule has 3 heteroatoms. The Labute approximate surface area is 74.1 Å². The minimum absolute atomic E-state index is 0.233. The number of carbonyl (C=O) groups excluding carboxylic acids is 1. The van der Waals surface area contributed by atoms with Crippen LogP contribution >= 0.6 is 9.24 Å². The van der Waals surface area contributed by atoms with E-state index in [1.807, 2.05) is 19.1 Å². The van der Waals surface area contributed by atoms with Crippen LogP contribution in [0.5, 0.6) is 5.75 Å². The van der Waals surface area contributed by atoms with Gasteiger partial charge in [0, 0.05) is 0 Å². The summed E-state index contributed by atoms with van der Waals surface area (Å²) in [6.45, 7) is 1.99. The van der Waals surface area contributed by atoms with Crippen molar-refractivity contribution in [3.8, 4) is 5.75 Å². The van der Waals surface area contributed by atoms with E-state index in [0.717, 1.165) is 5.56 Å². The molecular formula is C9H11O2P. The van der Waals surface area contributed by atoms with Gasteiger partial charge in [0.05, 0.1) is 6.16 Å². The molecule has 1 aromatic rings. The Morgan fingerprint density at radius 1 is 1.42 bits per heavy atom. The number of esters is 1. The van der Waals surface area contributed by atoms with Gasteiger partial charge in [-0.3, -0.25) is 4.79 Å². The number of hydrogen-bond acceptors (Lipinski definition) is 2. The van der Waals surface area contributed by atoms with Crippen molar-refractivity contribution in [2.75, 3.05) is 6.16 Å². The first kappa shape index (κ1) is 9.21. The van der Waals surface area contributed by atoms with Gasteiger partial charge < -0.3 is 4.74 Å². The van der Waals surface area contributed by atoms with Crippen molar-refractivity contribution in [1.29, 1.82) is 0 Å². The maximum Gasteiger partial charge on any atom is 0.315 e. The standard InChI is InChI=1S/C9H11O2P/c1-7-2-4-8(5-3-7)11-9(10)6-12/h2-5H,6,12H2,1H3. The van der Waals surface area contributed by atoms with Gasteiger partial charge in [0.25, 0.3) is 0 Å². The summed E-state index contributed by atoms with van der Waals surface area (Å²) in [5.41, 5.74) is 1.15. The topological polar surface area (TPSA) is 26.3 Å². The van der Waals surface area contributed by atoms with E-state index in [1.165, 1.54) is 0 Å². The zero-order chi connectivity index (χ0) is 8.97. The van der Waals surface area contributed by atoms with E-state index in [2.05, 4.69) is 9.24 Å². The smallest absolute Gasteiger partial charge is 0.315 e. The van der Waals surface area contributed by atoms with E-state index < -0.39 is 0 Å². The summed E-state index contributed by atoms with van der Waals surface area (Å²) >= 11 is 0. The molecule has 1 unspecified atom stereocenters. The van der Waals surface area contributed by atoms with Crippen LogP contribution in [0.25, 0.3) is 0 Å². The molecule has 64 valence electrons. The average molecular weight is 182 g/mol. The first-order valence-electron chi connectivity index (χ1n) is 3.70. The Kier molecular flexibility index (Phi) is 3.24. The fourth-order valence-corrected chi connectivity index (χ4v) is 0.863. The lowest BCUT2D eigenvalue weighted by atomic mass is 10.2. The maximum atomic E-state index is 10.8. The largest absolute Gasteiger partial charge is 0.426 e. The molecule has 2 nitrogen and oxygen atoms in total. The molecule has 0 aliphatic carbocycles. The molecule has 0 aliphatic heterocycles. The van der Waals surface area contributed by atoms with E-state index in [9.17, 15) is 4.79 Å². The Hall–Kier alpha value is -0.880. The highest BCUT2D eigenvalue weighted by atomic mass is 31.0. The third kappa shape index (κ3) is 2.63. The summed E-state index contributed by atoms with van der Waals surface area (Å²) in [6, 6.07) is 7.39. The van der Waals surface area contributed by atoms with Crippen LogP contribution in [0.15, 0.2) is 24.3 Å². The Balaban J connectivity index is 2.64. The Morgan fingerprint density at radius 3 is 2.50 bits per heavy atom. The second-order valence-corrected chi connectivity index (χ2v) is 2.90. The van der Waals surface area contributed by atoms with Crippen molar-refractivity contribution in [2.45, 2.75) is 6.92 Å². The van der Waals surface area contributed by atoms with E-state index in [0.29, 0.717) is 11.9 Å². The molecule has 12 heavy (non-hydrogen) atoms. The molecule has 0 aliphatic rings. The molecule has 1 rings (SSSR count). The minimum atomic E-state index is -0.233. The molecule has 0 aromatic heterocycles. The quantitative estimate of drug-likeness (QED) is 0.396. The monoisotopic (exact) mass is 182 g/mol. The van der Waals surface area contributed by atoms with Gasteiger partial charge in [-0.1, -0.05) is 17.7 Å². The van der Waals surface area contributed by atoms with Gasteiger partial charge in [-0.15, -0.1) is 9.24 Å². The van der Waals surface area contributed by atoms with Gasteiger partial charge in [-0.2, -0.15) is 0 Å². The summed E-state index contributed by atoms with van der Waals surface area (Å²) in [5.74, 6) is 0.372. The van der Waals surface area contributed by atoms with Crippen LogP contribution in [0.1, 0.15) is 5.56 Å². The first-order valence-corrected chi connectivity index (χ1v) is 4.51. The number of ether oxygens (including phenoxy) is 1. The molecule has 0 N–H and O–H groups in total. The molecule has 0 fully saturated rings. The van der Waals surface area contributed by atoms with Crippen LogP contribution in [0.3, 0.4) is 0 Å². The predicted molar refractivity (Wildman–Crippen MR) is 51.4 cm³/mol. The van der Waals surface area contributed by atoms with Crippen molar-refractivity contribution in [3.05, 3.63) is 29.8 Å². The summed E-state index contributed by atoms with van der Waals surface area (Å²) < 4.78 is 4.96. The zero-order valence-electron chi connectivity index (χ0n) is 6.91. The van der Waals surface area contributed by atoms with Gasteiger partial charge in [0.2, 0.25) is 0 Å². The molecule has 1 aromatic carbocycles. The van der Waals surface area contributed by atoms with E-state index in [4.69, 9.17) is 4.74 Å². The van der Waals surface area contributed by atoms with Crippen LogP contribution in [0.2, 0.25) is 0 Å². The number of rotatable bonds is 2. The molecule has 0 radical (unpaired) electrons. The fourth-order valence-electron chi connectivity index (χ4n) is 0.779. The highest BCUT2D eigenvalue weighted by Gasteiger charge is 1.99. The number of aryl methyl sites for hydroxylation is 1. The molecular weight excluding hydrogens is 171 g/mol. The average Bonchev–Trinajstić information content (AvgIpc) is 2.09. The Morgan fingerprint density at radius 2 is 2.00 bits per heavy atom. The van der Waals surface area contributed by atoms with Crippen molar-refractivity contribution in [1.82, 2.24) is 0 Å². The zero-order valence-corrected chi connectivity index (χ0v) is 8.07. The summed E-state index contributed by atoms with van der Waals surface area (Å²) in [7, 11) is 2.32. The molecule has 0 saturated heterocycles. The van der Waals surface area contributed by atoms with Crippen LogP contribution < -0.4 is 4.74 Å². The molecule has 1 atom stereocenters. The van der Waals surface area contributed by atoms with Gasteiger partial charge in [-0.25, -0.2) is 0 Å². The SMILES string of the molecule is Cc1ccc(OC(=O)CP)cc1. The lowest BCUT2D eigenvalue weighted by molar-refractivity contribution is -0.131. The van der Waals surface area contributed by atoms with Gasteiger partial charge in [0.15, 0.2) is 0 Å². The highest BCUT2D eigenvalue weighted by molar-refractivity contribution is 7.18. The lowest BCUT2D eigenvalue weighted by Crippen LogP contribution is -2.08. The number of hydrogen-bond donors (Lipinski definition) is 0. The van der Waals surface area contributed by atoms with Crippen molar-refractivity contribution < 1.29 is 9.53 Å². The predicted octanol–water partition coefficient (Wildman–Crippen LogP) is 1.78. The number of carbonyl (C=O) groups is 1. The van der Waals surface area contributed by atoms with Gasteiger partial charge in [0.1, 0.15) is 5.75 Å². The van der Waals surface area contributed by atoms with Crippen LogP contribution in [-0.4, -0.2) is 12.1 Å². The third-order valence-corrected chi connectivity index (χ3v) is 1.75. The second kappa shape index (κ2) is 4.22. The van der Waals surface area contributed by atoms with Crippen LogP contribution in [0, 0.1) is 6.92 Å². The van der Waals surface area contributed by atoms with Crippen molar-refractivity contribution in [3.63, 3.8) is 0 Å². The van der Waals surface area contributed by atoms with Crippen LogP contribution in [-0.2, 0) is 4.79 Å². The maximum absolute atomic E-state index is 10.8. The first-order chi connectivity index (χ1) is 5.72. The highest BCUT2D eigenvalue weighted by Crippen LogP contribution is 2.11. The summed E-state index contributed by atoms with van der Waals surface area (Å²) in [5, 5.41) is 0. The third-order valence-electron chi connectivity index (χ3n) is 1.42. The van der Waals surface area contributed by atoms with E-state index in [1.54, 1.807) is 12.1 Å². The summed E-state index contributed by atoms with van der Waals surface area (Å²) in [6.07, 6.45) is 0.327. The van der Waals surface area contributed by atoms with Crippen LogP contribution in [0.4, 0.5) is 0 Å². The van der Waals surface area contributed by atoms with Crippen molar-refractivity contribution >= 4 is 15.2 Å². The van der Waals surface area contributed by atoms with E-state index >= 15 is 0 Å². The molecule has 0 heterocycles. The molecule has 0 spiro atoms. The molecule has 0 amide bonds. The Bertz CT molecular complexity index is 266. The normalized spacial score (nSPS) is 9.50. The lowest BCUT2D eigenvalue weighted by Gasteiger charge is -2.01. The second-order valence-electron chi connectivity index (χ2n) is 2.49. The molecule has 0 saturated carbocycles.